The van der Waals surface area contributed by atoms with Gasteiger partial charge in [-0.05, 0) is 24.3 Å². The van der Waals surface area contributed by atoms with Crippen LogP contribution in [-0.4, -0.2) is 29.8 Å². The van der Waals surface area contributed by atoms with Crippen molar-refractivity contribution in [2.75, 3.05) is 13.1 Å². The summed E-state index contributed by atoms with van der Waals surface area (Å²) in [6.07, 6.45) is 2.10. The molecule has 1 aliphatic heterocycles. The number of carbonyl (C=O) groups excluding carboxylic acids is 2. The maximum atomic E-state index is 12.0. The summed E-state index contributed by atoms with van der Waals surface area (Å²) < 4.78 is 0. The van der Waals surface area contributed by atoms with E-state index in [2.05, 4.69) is 0 Å². The second kappa shape index (κ2) is 5.31. The van der Waals surface area contributed by atoms with Gasteiger partial charge >= 0.3 is 0 Å². The number of thiophene rings is 1. The Labute approximate surface area is 104 Å². The van der Waals surface area contributed by atoms with Crippen molar-refractivity contribution in [3.63, 3.8) is 0 Å². The fraction of sp³-hybridized carbons (Fsp3) is 0.500. The Balaban J connectivity index is 1.93. The van der Waals surface area contributed by atoms with E-state index >= 15 is 0 Å². The van der Waals surface area contributed by atoms with Gasteiger partial charge in [0, 0.05) is 18.0 Å². The summed E-state index contributed by atoms with van der Waals surface area (Å²) in [7, 11) is 0. The topological polar surface area (TPSA) is 63.4 Å². The van der Waals surface area contributed by atoms with E-state index in [0.717, 1.165) is 24.3 Å². The Morgan fingerprint density at radius 1 is 1.53 bits per heavy atom. The molecule has 1 aromatic rings. The smallest absolute Gasteiger partial charge is 0.227 e. The molecule has 1 saturated heterocycles. The van der Waals surface area contributed by atoms with E-state index in [1.165, 1.54) is 0 Å². The fourth-order valence-electron chi connectivity index (χ4n) is 2.11. The lowest BCUT2D eigenvalue weighted by molar-refractivity contribution is -0.134. The molecule has 2 rings (SSSR count). The first kappa shape index (κ1) is 12.1. The fourth-order valence-corrected chi connectivity index (χ4v) is 2.81. The molecule has 0 bridgehead atoms. The van der Waals surface area contributed by atoms with Gasteiger partial charge in [0.25, 0.3) is 0 Å². The van der Waals surface area contributed by atoms with Crippen LogP contribution in [0.3, 0.4) is 0 Å². The van der Waals surface area contributed by atoms with Gasteiger partial charge < -0.3 is 10.6 Å². The molecule has 2 N–H and O–H groups in total. The molecule has 2 amide bonds. The van der Waals surface area contributed by atoms with Crippen LogP contribution in [0, 0.1) is 5.92 Å². The number of rotatable bonds is 3. The number of carbonyl (C=O) groups is 2. The van der Waals surface area contributed by atoms with Gasteiger partial charge in [-0.2, -0.15) is 0 Å². The van der Waals surface area contributed by atoms with Crippen molar-refractivity contribution in [2.45, 2.75) is 19.3 Å². The Kier molecular flexibility index (Phi) is 3.78. The zero-order chi connectivity index (χ0) is 12.3. The Morgan fingerprint density at radius 2 is 2.35 bits per heavy atom. The van der Waals surface area contributed by atoms with E-state index in [1.54, 1.807) is 16.2 Å². The third kappa shape index (κ3) is 3.06. The minimum Gasteiger partial charge on any atom is -0.369 e. The molecule has 17 heavy (non-hydrogen) atoms. The lowest BCUT2D eigenvalue weighted by atomic mass is 9.97. The maximum Gasteiger partial charge on any atom is 0.227 e. The number of piperidine rings is 1. The lowest BCUT2D eigenvalue weighted by Crippen LogP contribution is -2.44. The summed E-state index contributed by atoms with van der Waals surface area (Å²) in [5, 5.41) is 1.96. The number of amides is 2. The number of likely N-dealkylation sites (tertiary alicyclic amines) is 1. The summed E-state index contributed by atoms with van der Waals surface area (Å²) in [5.41, 5.74) is 5.29. The van der Waals surface area contributed by atoms with Crippen LogP contribution in [0.25, 0.3) is 0 Å². The van der Waals surface area contributed by atoms with Crippen LogP contribution < -0.4 is 5.73 Å². The summed E-state index contributed by atoms with van der Waals surface area (Å²) in [5.74, 6) is -0.368. The molecule has 1 fully saturated rings. The Bertz CT molecular complexity index is 403. The van der Waals surface area contributed by atoms with E-state index < -0.39 is 0 Å². The molecule has 0 unspecified atom stereocenters. The van der Waals surface area contributed by atoms with E-state index in [1.807, 2.05) is 17.5 Å². The minimum absolute atomic E-state index is 0.0957. The van der Waals surface area contributed by atoms with Gasteiger partial charge in [-0.15, -0.1) is 11.3 Å². The molecule has 4 nitrogen and oxygen atoms in total. The summed E-state index contributed by atoms with van der Waals surface area (Å²) in [6.45, 7) is 1.23. The first-order valence-electron chi connectivity index (χ1n) is 5.76. The third-order valence-corrected chi connectivity index (χ3v) is 3.96. The van der Waals surface area contributed by atoms with Crippen LogP contribution in [0.2, 0.25) is 0 Å². The average Bonchev–Trinajstić information content (AvgIpc) is 2.82. The molecular weight excluding hydrogens is 236 g/mol. The van der Waals surface area contributed by atoms with Crippen molar-refractivity contribution in [3.05, 3.63) is 22.4 Å². The summed E-state index contributed by atoms with van der Waals surface area (Å²) in [6, 6.07) is 3.90. The molecule has 0 aromatic carbocycles. The molecule has 1 atom stereocenters. The van der Waals surface area contributed by atoms with Crippen LogP contribution in [0.15, 0.2) is 17.5 Å². The zero-order valence-electron chi connectivity index (χ0n) is 9.59. The van der Waals surface area contributed by atoms with Crippen LogP contribution in [0.1, 0.15) is 17.7 Å². The van der Waals surface area contributed by atoms with Crippen molar-refractivity contribution in [1.29, 1.82) is 0 Å². The quantitative estimate of drug-likeness (QED) is 0.872. The van der Waals surface area contributed by atoms with Crippen molar-refractivity contribution >= 4 is 23.2 Å². The first-order chi connectivity index (χ1) is 8.16. The number of nitrogens with two attached hydrogens (primary N) is 1. The van der Waals surface area contributed by atoms with Gasteiger partial charge in [-0.3, -0.25) is 9.59 Å². The number of hydrogen-bond acceptors (Lipinski definition) is 3. The van der Waals surface area contributed by atoms with Crippen LogP contribution in [-0.2, 0) is 16.0 Å². The summed E-state index contributed by atoms with van der Waals surface area (Å²) in [4.78, 5) is 26.0. The molecule has 0 radical (unpaired) electrons. The molecule has 1 aliphatic rings. The average molecular weight is 252 g/mol. The molecular formula is C12H16N2O2S. The van der Waals surface area contributed by atoms with Crippen molar-refractivity contribution in [3.8, 4) is 0 Å². The lowest BCUT2D eigenvalue weighted by Gasteiger charge is -2.31. The molecule has 1 aromatic heterocycles. The predicted octanol–water partition coefficient (Wildman–Crippen LogP) is 1.01. The second-order valence-electron chi connectivity index (χ2n) is 4.34. The standard InChI is InChI=1S/C12H16N2O2S/c13-12(16)9-3-1-5-14(8-9)11(15)7-10-4-2-6-17-10/h2,4,6,9H,1,3,5,7-8H2,(H2,13,16)/t9-/m1/s1. The van der Waals surface area contributed by atoms with E-state index in [9.17, 15) is 9.59 Å². The normalized spacial score (nSPS) is 20.2. The van der Waals surface area contributed by atoms with Gasteiger partial charge in [0.2, 0.25) is 11.8 Å². The van der Waals surface area contributed by atoms with E-state index in [-0.39, 0.29) is 17.7 Å². The number of nitrogens with zero attached hydrogens (tertiary/aromatic N) is 1. The Hall–Kier alpha value is -1.36. The predicted molar refractivity (Wildman–Crippen MR) is 66.5 cm³/mol. The highest BCUT2D eigenvalue weighted by Crippen LogP contribution is 2.18. The minimum atomic E-state index is -0.293. The monoisotopic (exact) mass is 252 g/mol. The van der Waals surface area contributed by atoms with Gasteiger partial charge in [0.1, 0.15) is 0 Å². The SMILES string of the molecule is NC(=O)[C@@H]1CCCN(C(=O)Cc2cccs2)C1. The highest BCUT2D eigenvalue weighted by molar-refractivity contribution is 7.10. The second-order valence-corrected chi connectivity index (χ2v) is 5.37. The van der Waals surface area contributed by atoms with Gasteiger partial charge in [0.05, 0.1) is 12.3 Å². The van der Waals surface area contributed by atoms with Crippen LogP contribution >= 0.6 is 11.3 Å². The third-order valence-electron chi connectivity index (χ3n) is 3.08. The molecule has 0 aliphatic carbocycles. The number of hydrogen-bond donors (Lipinski definition) is 1. The molecule has 92 valence electrons. The van der Waals surface area contributed by atoms with Crippen molar-refractivity contribution in [1.82, 2.24) is 4.90 Å². The molecule has 5 heteroatoms. The molecule has 0 spiro atoms. The number of primary amides is 1. The van der Waals surface area contributed by atoms with Crippen molar-refractivity contribution < 1.29 is 9.59 Å². The first-order valence-corrected chi connectivity index (χ1v) is 6.64. The van der Waals surface area contributed by atoms with Crippen molar-refractivity contribution in [2.24, 2.45) is 11.7 Å². The van der Waals surface area contributed by atoms with Gasteiger partial charge in [-0.1, -0.05) is 6.07 Å². The largest absolute Gasteiger partial charge is 0.369 e. The maximum absolute atomic E-state index is 12.0. The highest BCUT2D eigenvalue weighted by Gasteiger charge is 2.26. The highest BCUT2D eigenvalue weighted by atomic mass is 32.1. The summed E-state index contributed by atoms with van der Waals surface area (Å²) >= 11 is 1.58. The van der Waals surface area contributed by atoms with Gasteiger partial charge in [0.15, 0.2) is 0 Å². The van der Waals surface area contributed by atoms with E-state index in [0.29, 0.717) is 13.0 Å². The molecule has 0 saturated carbocycles. The Morgan fingerprint density at radius 3 is 3.00 bits per heavy atom. The zero-order valence-corrected chi connectivity index (χ0v) is 10.4. The van der Waals surface area contributed by atoms with Gasteiger partial charge in [-0.25, -0.2) is 0 Å². The van der Waals surface area contributed by atoms with E-state index in [4.69, 9.17) is 5.73 Å². The molecule has 2 heterocycles. The van der Waals surface area contributed by atoms with Crippen LogP contribution in [0.5, 0.6) is 0 Å². The van der Waals surface area contributed by atoms with Crippen LogP contribution in [0.4, 0.5) is 0 Å².